The molecule has 0 atom stereocenters. The van der Waals surface area contributed by atoms with Gasteiger partial charge in [-0.1, -0.05) is 55.8 Å². The topological polar surface area (TPSA) is 98.5 Å². The van der Waals surface area contributed by atoms with Crippen molar-refractivity contribution in [3.8, 4) is 11.5 Å². The van der Waals surface area contributed by atoms with Gasteiger partial charge >= 0.3 is 0 Å². The second-order valence-corrected chi connectivity index (χ2v) is 9.29. The monoisotopic (exact) mass is 458 g/mol. The quantitative estimate of drug-likeness (QED) is 0.515. The van der Waals surface area contributed by atoms with Crippen molar-refractivity contribution in [2.45, 2.75) is 31.1 Å². The molecule has 31 heavy (non-hydrogen) atoms. The summed E-state index contributed by atoms with van der Waals surface area (Å²) in [5.41, 5.74) is 2.00. The van der Waals surface area contributed by atoms with E-state index in [1.807, 2.05) is 18.2 Å². The van der Waals surface area contributed by atoms with Crippen LogP contribution >= 0.6 is 11.6 Å². The van der Waals surface area contributed by atoms with Crippen LogP contribution in [0.1, 0.15) is 30.9 Å². The minimum Gasteiger partial charge on any atom is -0.456 e. The molecule has 0 aliphatic heterocycles. The molecule has 162 valence electrons. The highest BCUT2D eigenvalue weighted by Crippen LogP contribution is 2.32. The Morgan fingerprint density at radius 2 is 1.81 bits per heavy atom. The van der Waals surface area contributed by atoms with Crippen molar-refractivity contribution in [1.29, 1.82) is 0 Å². The molecule has 0 heterocycles. The predicted octanol–water partition coefficient (Wildman–Crippen LogP) is 5.08. The lowest BCUT2D eigenvalue weighted by Crippen LogP contribution is -2.17. The Morgan fingerprint density at radius 3 is 2.48 bits per heavy atom. The maximum Gasteiger partial charge on any atom is 0.241 e. The first-order valence-corrected chi connectivity index (χ1v) is 11.5. The summed E-state index contributed by atoms with van der Waals surface area (Å²) in [6, 6.07) is 18.7. The van der Waals surface area contributed by atoms with Gasteiger partial charge in [-0.05, 0) is 53.4 Å². The SMILES string of the molecule is CC(C)c1cccc(Oc2ccc(NC(=O)Cc3ccccc3Cl)cc2S(N)(=O)=O)c1. The normalized spacial score (nSPS) is 11.4. The molecule has 3 rings (SSSR count). The summed E-state index contributed by atoms with van der Waals surface area (Å²) in [6.45, 7) is 4.10. The number of nitrogens with two attached hydrogens (primary N) is 1. The third-order valence-corrected chi connectivity index (χ3v) is 5.90. The van der Waals surface area contributed by atoms with Crippen LogP contribution < -0.4 is 15.2 Å². The molecule has 0 unspecified atom stereocenters. The lowest BCUT2D eigenvalue weighted by molar-refractivity contribution is -0.115. The van der Waals surface area contributed by atoms with Crippen molar-refractivity contribution >= 4 is 33.2 Å². The molecule has 0 bridgehead atoms. The minimum absolute atomic E-state index is 0.0463. The molecule has 0 saturated carbocycles. The van der Waals surface area contributed by atoms with E-state index in [1.54, 1.807) is 36.4 Å². The van der Waals surface area contributed by atoms with Crippen LogP contribution in [0.15, 0.2) is 71.6 Å². The number of primary sulfonamides is 1. The number of halogens is 1. The number of benzene rings is 3. The molecular weight excluding hydrogens is 436 g/mol. The van der Waals surface area contributed by atoms with E-state index in [-0.39, 0.29) is 34.6 Å². The summed E-state index contributed by atoms with van der Waals surface area (Å²) in [4.78, 5) is 12.2. The molecule has 8 heteroatoms. The van der Waals surface area contributed by atoms with Gasteiger partial charge in [-0.3, -0.25) is 4.79 Å². The number of nitrogens with one attached hydrogen (secondary N) is 1. The number of sulfonamides is 1. The Hall–Kier alpha value is -2.87. The Labute approximate surface area is 187 Å². The lowest BCUT2D eigenvalue weighted by atomic mass is 10.0. The zero-order valence-electron chi connectivity index (χ0n) is 17.1. The fourth-order valence-corrected chi connectivity index (χ4v) is 3.86. The molecule has 3 aromatic rings. The van der Waals surface area contributed by atoms with Gasteiger partial charge in [0.05, 0.1) is 6.42 Å². The summed E-state index contributed by atoms with van der Waals surface area (Å²) >= 11 is 6.09. The van der Waals surface area contributed by atoms with Crippen molar-refractivity contribution in [3.63, 3.8) is 0 Å². The summed E-state index contributed by atoms with van der Waals surface area (Å²) in [5, 5.41) is 8.55. The average Bonchev–Trinajstić information content (AvgIpc) is 2.70. The van der Waals surface area contributed by atoms with Gasteiger partial charge in [-0.2, -0.15) is 0 Å². The molecule has 0 aliphatic rings. The van der Waals surface area contributed by atoms with Crippen LogP contribution in [0.4, 0.5) is 5.69 Å². The van der Waals surface area contributed by atoms with E-state index in [9.17, 15) is 13.2 Å². The van der Waals surface area contributed by atoms with Gasteiger partial charge in [0.15, 0.2) is 0 Å². The number of carbonyl (C=O) groups is 1. The van der Waals surface area contributed by atoms with Crippen molar-refractivity contribution < 1.29 is 17.9 Å². The first-order valence-electron chi connectivity index (χ1n) is 9.61. The smallest absolute Gasteiger partial charge is 0.241 e. The molecule has 0 aromatic heterocycles. The predicted molar refractivity (Wildman–Crippen MR) is 122 cm³/mol. The highest BCUT2D eigenvalue weighted by molar-refractivity contribution is 7.89. The Morgan fingerprint density at radius 1 is 1.06 bits per heavy atom. The molecule has 0 fully saturated rings. The van der Waals surface area contributed by atoms with Gasteiger partial charge in [0.25, 0.3) is 0 Å². The molecule has 3 N–H and O–H groups in total. The van der Waals surface area contributed by atoms with Gasteiger partial charge < -0.3 is 10.1 Å². The van der Waals surface area contributed by atoms with E-state index in [2.05, 4.69) is 19.2 Å². The van der Waals surface area contributed by atoms with Crippen molar-refractivity contribution in [1.82, 2.24) is 0 Å². The van der Waals surface area contributed by atoms with E-state index >= 15 is 0 Å². The summed E-state index contributed by atoms with van der Waals surface area (Å²) < 4.78 is 30.1. The van der Waals surface area contributed by atoms with Gasteiger partial charge in [-0.25, -0.2) is 13.6 Å². The fourth-order valence-electron chi connectivity index (χ4n) is 2.98. The van der Waals surface area contributed by atoms with E-state index in [1.165, 1.54) is 12.1 Å². The molecule has 0 saturated heterocycles. The third kappa shape index (κ3) is 6.07. The van der Waals surface area contributed by atoms with Crippen molar-refractivity contribution in [3.05, 3.63) is 82.9 Å². The standard InChI is InChI=1S/C23H23ClN2O4S/c1-15(2)16-7-5-8-19(12-16)30-21-11-10-18(14-22(21)31(25,28)29)26-23(27)13-17-6-3-4-9-20(17)24/h3-12,14-15H,13H2,1-2H3,(H,26,27)(H2,25,28,29). The highest BCUT2D eigenvalue weighted by Gasteiger charge is 2.18. The van der Waals surface area contributed by atoms with E-state index in [0.29, 0.717) is 16.3 Å². The van der Waals surface area contributed by atoms with Gasteiger partial charge in [-0.15, -0.1) is 0 Å². The van der Waals surface area contributed by atoms with Crippen molar-refractivity contribution in [2.24, 2.45) is 5.14 Å². The summed E-state index contributed by atoms with van der Waals surface area (Å²) in [6.07, 6.45) is 0.0463. The van der Waals surface area contributed by atoms with Crippen molar-refractivity contribution in [2.75, 3.05) is 5.32 Å². The van der Waals surface area contributed by atoms with E-state index in [0.717, 1.165) is 5.56 Å². The number of hydrogen-bond donors (Lipinski definition) is 2. The number of hydrogen-bond acceptors (Lipinski definition) is 4. The molecule has 1 amide bonds. The number of ether oxygens (including phenoxy) is 1. The molecule has 0 aliphatic carbocycles. The fraction of sp³-hybridized carbons (Fsp3) is 0.174. The van der Waals surface area contributed by atoms with Crippen LogP contribution in [-0.4, -0.2) is 14.3 Å². The van der Waals surface area contributed by atoms with Gasteiger partial charge in [0.1, 0.15) is 16.4 Å². The van der Waals surface area contributed by atoms with Crippen LogP contribution in [0.5, 0.6) is 11.5 Å². The molecule has 0 radical (unpaired) electrons. The summed E-state index contributed by atoms with van der Waals surface area (Å²) in [7, 11) is -4.10. The van der Waals surface area contributed by atoms with Crippen LogP contribution in [0.2, 0.25) is 5.02 Å². The van der Waals surface area contributed by atoms with Crippen LogP contribution in [0, 0.1) is 0 Å². The Kier molecular flexibility index (Phi) is 7.00. The second-order valence-electron chi connectivity index (χ2n) is 7.35. The third-order valence-electron chi connectivity index (χ3n) is 4.60. The zero-order chi connectivity index (χ0) is 22.6. The molecule has 3 aromatic carbocycles. The lowest BCUT2D eigenvalue weighted by Gasteiger charge is -2.14. The number of rotatable bonds is 7. The van der Waals surface area contributed by atoms with Gasteiger partial charge in [0, 0.05) is 10.7 Å². The first kappa shape index (κ1) is 22.8. The Bertz CT molecular complexity index is 1210. The maximum atomic E-state index is 12.4. The number of anilines is 1. The first-order chi connectivity index (χ1) is 14.6. The minimum atomic E-state index is -4.10. The van der Waals surface area contributed by atoms with Crippen LogP contribution in [0.25, 0.3) is 0 Å². The second kappa shape index (κ2) is 9.51. The average molecular weight is 459 g/mol. The maximum absolute atomic E-state index is 12.4. The molecule has 6 nitrogen and oxygen atoms in total. The van der Waals surface area contributed by atoms with Crippen LogP contribution in [0.3, 0.4) is 0 Å². The number of carbonyl (C=O) groups excluding carboxylic acids is 1. The largest absolute Gasteiger partial charge is 0.456 e. The van der Waals surface area contributed by atoms with E-state index in [4.69, 9.17) is 21.5 Å². The van der Waals surface area contributed by atoms with E-state index < -0.39 is 10.0 Å². The van der Waals surface area contributed by atoms with Crippen LogP contribution in [-0.2, 0) is 21.2 Å². The molecule has 0 spiro atoms. The highest BCUT2D eigenvalue weighted by atomic mass is 35.5. The molecular formula is C23H23ClN2O4S. The Balaban J connectivity index is 1.84. The number of amides is 1. The zero-order valence-corrected chi connectivity index (χ0v) is 18.7. The summed E-state index contributed by atoms with van der Waals surface area (Å²) in [5.74, 6) is 0.517. The van der Waals surface area contributed by atoms with Gasteiger partial charge in [0.2, 0.25) is 15.9 Å².